The number of aryl methyl sites for hydroxylation is 2. The van der Waals surface area contributed by atoms with Gasteiger partial charge in [0.05, 0.1) is 54.7 Å². The summed E-state index contributed by atoms with van der Waals surface area (Å²) in [6.07, 6.45) is 4.44. The molecule has 2 amide bonds. The first-order valence-corrected chi connectivity index (χ1v) is 26.7. The van der Waals surface area contributed by atoms with E-state index in [1.165, 1.54) is 34.0 Å². The van der Waals surface area contributed by atoms with Crippen LogP contribution in [0.1, 0.15) is 114 Å². The zero-order chi connectivity index (χ0) is 55.7. The monoisotopic (exact) mass is 1410 g/mol. The smallest absolute Gasteiger partial charge is 1.00 e. The molecule has 0 aliphatic carbocycles. The molecule has 0 saturated heterocycles. The Kier molecular flexibility index (Phi) is 36.0. The number of thioether (sulfide) groups is 2. The van der Waals surface area contributed by atoms with Gasteiger partial charge in [-0.25, -0.2) is 9.59 Å². The zero-order valence-corrected chi connectivity index (χ0v) is 61.9. The second-order valence-electron chi connectivity index (χ2n) is 18.5. The molecule has 0 unspecified atom stereocenters. The van der Waals surface area contributed by atoms with E-state index < -0.39 is 40.3 Å². The minimum absolute atomic E-state index is 0. The number of carbonyl (C=O) groups is 7. The summed E-state index contributed by atoms with van der Waals surface area (Å²) in [6.45, 7) is 14.1. The Labute approximate surface area is 588 Å². The standard InChI is InChI=1S/C27H34BrNO6S.C27H33NO6S.CH2O3.2Cs.H/c1-6-34-26(32)19-12-15-22(21(28)16-19)36-23(25(31)29-17-24(30)35-27(2,3)4)9-7-8-18-10-13-20(33-5)14-11-18;1-6-33-26(31)19-12-15-22-21(16-19)28(17-24(29)34-27(2,3)4)25(30)23(35-22)9-7-8-18-10-13-20(32-5)14-11-18;2-1-4-3;;;/h10-16,23H,6-9,17H2,1-5H3,(H,29,31);10-16,23H,6-9,17H2,1-5H3;1,3H;;;/q;;;2*+1;-1/p-1/t2*23-;;;;/m00..../s1. The predicted molar refractivity (Wildman–Crippen MR) is 289 cm³/mol. The summed E-state index contributed by atoms with van der Waals surface area (Å²) in [5, 5.41) is 10.4. The fourth-order valence-corrected chi connectivity index (χ4v) is 10.1. The van der Waals surface area contributed by atoms with Crippen molar-refractivity contribution in [1.29, 1.82) is 0 Å². The summed E-state index contributed by atoms with van der Waals surface area (Å²) < 4.78 is 32.0. The Morgan fingerprint density at radius 1 is 0.766 bits per heavy atom. The van der Waals surface area contributed by atoms with Gasteiger partial charge in [0.1, 0.15) is 35.8 Å². The number of amides is 2. The number of benzene rings is 4. The van der Waals surface area contributed by atoms with Gasteiger partial charge >= 0.3 is 162 Å². The second kappa shape index (κ2) is 37.9. The fourth-order valence-electron chi connectivity index (χ4n) is 7.07. The number of ether oxygens (including phenoxy) is 6. The summed E-state index contributed by atoms with van der Waals surface area (Å²) in [6, 6.07) is 26.0. The maximum atomic E-state index is 13.5. The van der Waals surface area contributed by atoms with Gasteiger partial charge in [-0.1, -0.05) is 24.3 Å². The maximum absolute atomic E-state index is 13.5. The topological polar surface area (TPSA) is 222 Å². The summed E-state index contributed by atoms with van der Waals surface area (Å²) in [5.74, 6) is -0.660. The van der Waals surface area contributed by atoms with Crippen LogP contribution in [0.2, 0.25) is 0 Å². The number of carbonyl (C=O) groups excluding carboxylic acids is 7. The molecule has 4 aromatic carbocycles. The number of rotatable bonds is 22. The molecular formula is C55H69BrCs2N2O15S2. The molecule has 4 aromatic rings. The van der Waals surface area contributed by atoms with E-state index in [0.717, 1.165) is 52.5 Å². The molecule has 1 aliphatic heterocycles. The number of nitrogens with zero attached hydrogens (tertiary/aromatic N) is 1. The number of methoxy groups -OCH3 is 2. The Morgan fingerprint density at radius 2 is 1.26 bits per heavy atom. The molecule has 22 heteroatoms. The van der Waals surface area contributed by atoms with Gasteiger partial charge in [-0.2, -0.15) is 0 Å². The largest absolute Gasteiger partial charge is 1.00 e. The van der Waals surface area contributed by atoms with Crippen molar-refractivity contribution in [3.63, 3.8) is 0 Å². The Morgan fingerprint density at radius 3 is 1.74 bits per heavy atom. The van der Waals surface area contributed by atoms with Crippen molar-refractivity contribution in [3.05, 3.63) is 112 Å². The van der Waals surface area contributed by atoms with Crippen molar-refractivity contribution in [3.8, 4) is 11.5 Å². The van der Waals surface area contributed by atoms with Crippen LogP contribution in [0.4, 0.5) is 5.69 Å². The zero-order valence-electron chi connectivity index (χ0n) is 47.2. The van der Waals surface area contributed by atoms with Crippen LogP contribution in [0, 0.1) is 0 Å². The molecule has 0 spiro atoms. The molecule has 77 heavy (non-hydrogen) atoms. The van der Waals surface area contributed by atoms with Crippen molar-refractivity contribution in [2.75, 3.05) is 45.4 Å². The molecule has 0 radical (unpaired) electrons. The van der Waals surface area contributed by atoms with Crippen LogP contribution < -0.4 is 163 Å². The van der Waals surface area contributed by atoms with Crippen LogP contribution in [0.5, 0.6) is 11.5 Å². The summed E-state index contributed by atoms with van der Waals surface area (Å²) >= 11 is 6.36. The first-order chi connectivity index (χ1) is 35.5. The van der Waals surface area contributed by atoms with Crippen molar-refractivity contribution in [2.45, 2.75) is 125 Å². The van der Waals surface area contributed by atoms with Crippen molar-refractivity contribution in [2.24, 2.45) is 0 Å². The van der Waals surface area contributed by atoms with Crippen LogP contribution in [0.25, 0.3) is 0 Å². The summed E-state index contributed by atoms with van der Waals surface area (Å²) in [5.41, 5.74) is 2.32. The van der Waals surface area contributed by atoms with Crippen LogP contribution in [0.15, 0.2) is 99.2 Å². The van der Waals surface area contributed by atoms with E-state index >= 15 is 0 Å². The molecule has 0 fully saturated rings. The normalized spacial score (nSPS) is 12.9. The van der Waals surface area contributed by atoms with Gasteiger partial charge < -0.3 is 45.3 Å². The van der Waals surface area contributed by atoms with Crippen molar-refractivity contribution in [1.82, 2.24) is 5.32 Å². The second-order valence-corrected chi connectivity index (χ2v) is 21.8. The van der Waals surface area contributed by atoms with E-state index in [1.54, 1.807) is 99.9 Å². The number of fused-ring (bicyclic) bond motifs is 1. The number of anilines is 1. The summed E-state index contributed by atoms with van der Waals surface area (Å²) in [7, 11) is 3.27. The molecule has 1 heterocycles. The number of esters is 4. The molecule has 410 valence electrons. The Bertz CT molecular complexity index is 2530. The van der Waals surface area contributed by atoms with E-state index in [2.05, 4.69) is 26.1 Å². The molecular weight excluding hydrogens is 1340 g/mol. The molecule has 0 aromatic heterocycles. The van der Waals surface area contributed by atoms with Crippen LogP contribution in [0.3, 0.4) is 0 Å². The number of hydrogen-bond acceptors (Lipinski definition) is 17. The molecule has 1 aliphatic rings. The van der Waals surface area contributed by atoms with Gasteiger partial charge in [0.2, 0.25) is 11.8 Å². The first kappa shape index (κ1) is 73.0. The van der Waals surface area contributed by atoms with Crippen LogP contribution in [-0.4, -0.2) is 104 Å². The minimum Gasteiger partial charge on any atom is -1.00 e. The third-order valence-electron chi connectivity index (χ3n) is 10.3. The number of hydrogen-bond donors (Lipinski definition) is 1. The third-order valence-corrected chi connectivity index (χ3v) is 13.9. The average molecular weight is 1410 g/mol. The van der Waals surface area contributed by atoms with Crippen molar-refractivity contribution < 1.29 is 211 Å². The molecule has 0 bridgehead atoms. The van der Waals surface area contributed by atoms with E-state index in [0.29, 0.717) is 40.7 Å². The fraction of sp³-hybridized carbons (Fsp3) is 0.436. The van der Waals surface area contributed by atoms with E-state index in [9.17, 15) is 28.8 Å². The number of halogens is 1. The first-order valence-electron chi connectivity index (χ1n) is 24.2. The van der Waals surface area contributed by atoms with E-state index in [1.807, 2.05) is 54.6 Å². The van der Waals surface area contributed by atoms with E-state index in [4.69, 9.17) is 38.5 Å². The molecule has 17 nitrogen and oxygen atoms in total. The Balaban J connectivity index is 0.00000137. The van der Waals surface area contributed by atoms with Crippen molar-refractivity contribution >= 4 is 87.3 Å². The van der Waals surface area contributed by atoms with E-state index in [-0.39, 0.29) is 182 Å². The summed E-state index contributed by atoms with van der Waals surface area (Å²) in [4.78, 5) is 90.0. The van der Waals surface area contributed by atoms with Gasteiger partial charge in [-0.3, -0.25) is 28.9 Å². The van der Waals surface area contributed by atoms with Gasteiger partial charge in [-0.15, -0.1) is 23.5 Å². The van der Waals surface area contributed by atoms with Gasteiger partial charge in [-0.05, 0) is 182 Å². The quantitative estimate of drug-likeness (QED) is 0.0298. The molecule has 1 N–H and O–H groups in total. The van der Waals surface area contributed by atoms with Gasteiger partial charge in [0.25, 0.3) is 6.47 Å². The Hall–Kier alpha value is -1.99. The average Bonchev–Trinajstić information content (AvgIpc) is 3.36. The van der Waals surface area contributed by atoms with Crippen LogP contribution in [-0.2, 0) is 60.6 Å². The molecule has 2 atom stereocenters. The number of nitrogens with one attached hydrogen (secondary N) is 1. The molecule has 5 rings (SSSR count). The SMILES string of the molecule is CCOC(=O)c1ccc(S[C@@H](CCCc2ccc(OC)cc2)C(=O)NCC(=O)OC(C)(C)C)c(Br)c1.CCOC(=O)c1ccc2c(c1)N(CC(=O)OC(C)(C)C)C(=O)[C@H](CCCc1ccc(OC)cc1)S2.O=CO[O-].[Cs+].[Cs+].[H-]. The van der Waals surface area contributed by atoms with Crippen LogP contribution >= 0.6 is 39.5 Å². The van der Waals surface area contributed by atoms with Gasteiger partial charge in [0.15, 0.2) is 0 Å². The van der Waals surface area contributed by atoms with Gasteiger partial charge in [0, 0.05) is 14.3 Å². The molecule has 0 saturated carbocycles. The minimum atomic E-state index is -0.669. The predicted octanol–water partition coefficient (Wildman–Crippen LogP) is 3.17. The third kappa shape index (κ3) is 27.6. The maximum Gasteiger partial charge on any atom is 1.00 e.